The van der Waals surface area contributed by atoms with Gasteiger partial charge in [0.1, 0.15) is 11.5 Å². The Balaban J connectivity index is 1.48. The molecule has 7 nitrogen and oxygen atoms in total. The number of hydrogen-bond donors (Lipinski definition) is 1. The van der Waals surface area contributed by atoms with Gasteiger partial charge in [-0.1, -0.05) is 65.1 Å². The predicted octanol–water partition coefficient (Wildman–Crippen LogP) is 6.79. The second-order valence-electron chi connectivity index (χ2n) is 9.55. The van der Waals surface area contributed by atoms with Gasteiger partial charge < -0.3 is 24.4 Å². The lowest BCUT2D eigenvalue weighted by Crippen LogP contribution is -2.60. The summed E-state index contributed by atoms with van der Waals surface area (Å²) in [7, 11) is 3.13. The smallest absolute Gasteiger partial charge is 0.312 e. The van der Waals surface area contributed by atoms with E-state index in [0.717, 1.165) is 10.0 Å². The maximum absolute atomic E-state index is 13.2. The van der Waals surface area contributed by atoms with Crippen LogP contribution in [0.4, 0.5) is 0 Å². The van der Waals surface area contributed by atoms with Gasteiger partial charge in [-0.3, -0.25) is 9.59 Å². The SMILES string of the molecule is COc1ccc(C2N(C(=O)C(=O)NCc3ccc(Br)cc3Oc3ccc(Cl)c(Cl)c3)CC2(C)C)cc1OC. The molecule has 0 saturated carbocycles. The van der Waals surface area contributed by atoms with Gasteiger partial charge in [0.05, 0.1) is 30.3 Å². The number of likely N-dealkylation sites (tertiary alicyclic amines) is 1. The molecule has 1 aliphatic rings. The lowest BCUT2D eigenvalue weighted by molar-refractivity contribution is -0.160. The molecule has 0 spiro atoms. The van der Waals surface area contributed by atoms with Gasteiger partial charge in [0.15, 0.2) is 11.5 Å². The minimum absolute atomic E-state index is 0.0900. The van der Waals surface area contributed by atoms with Crippen LogP contribution in [0.25, 0.3) is 0 Å². The molecule has 0 aromatic heterocycles. The number of methoxy groups -OCH3 is 2. The van der Waals surface area contributed by atoms with E-state index in [9.17, 15) is 9.59 Å². The van der Waals surface area contributed by atoms with Crippen molar-refractivity contribution in [3.8, 4) is 23.0 Å². The van der Waals surface area contributed by atoms with Crippen molar-refractivity contribution in [1.82, 2.24) is 10.2 Å². The number of ether oxygens (including phenoxy) is 3. The van der Waals surface area contributed by atoms with Crippen LogP contribution in [-0.4, -0.2) is 37.5 Å². The van der Waals surface area contributed by atoms with E-state index in [1.807, 2.05) is 18.2 Å². The van der Waals surface area contributed by atoms with Crippen LogP contribution < -0.4 is 19.5 Å². The Morgan fingerprint density at radius 3 is 2.37 bits per heavy atom. The van der Waals surface area contributed by atoms with Gasteiger partial charge in [0.25, 0.3) is 0 Å². The quantitative estimate of drug-likeness (QED) is 0.294. The van der Waals surface area contributed by atoms with Crippen molar-refractivity contribution in [2.24, 2.45) is 5.41 Å². The molecule has 10 heteroatoms. The highest BCUT2D eigenvalue weighted by atomic mass is 79.9. The zero-order valence-corrected chi connectivity index (χ0v) is 24.4. The van der Waals surface area contributed by atoms with Crippen molar-refractivity contribution in [1.29, 1.82) is 0 Å². The summed E-state index contributed by atoms with van der Waals surface area (Å²) in [6, 6.07) is 15.6. The normalized spacial score (nSPS) is 15.9. The van der Waals surface area contributed by atoms with Crippen molar-refractivity contribution in [3.05, 3.63) is 80.2 Å². The molecule has 1 atom stereocenters. The second kappa shape index (κ2) is 11.4. The summed E-state index contributed by atoms with van der Waals surface area (Å²) < 4.78 is 17.6. The molecule has 1 unspecified atom stereocenters. The molecule has 0 aliphatic carbocycles. The molecule has 1 aliphatic heterocycles. The molecular formula is C28H27BrCl2N2O5. The Morgan fingerprint density at radius 2 is 1.71 bits per heavy atom. The fraction of sp³-hybridized carbons (Fsp3) is 0.286. The first-order chi connectivity index (χ1) is 18.0. The fourth-order valence-electron chi connectivity index (χ4n) is 4.59. The van der Waals surface area contributed by atoms with Gasteiger partial charge >= 0.3 is 11.8 Å². The van der Waals surface area contributed by atoms with Crippen LogP contribution in [0.5, 0.6) is 23.0 Å². The number of hydrogen-bond acceptors (Lipinski definition) is 5. The number of nitrogens with one attached hydrogen (secondary N) is 1. The fourth-order valence-corrected chi connectivity index (χ4v) is 5.22. The molecular weight excluding hydrogens is 595 g/mol. The van der Waals surface area contributed by atoms with E-state index >= 15 is 0 Å². The van der Waals surface area contributed by atoms with Crippen molar-refractivity contribution < 1.29 is 23.8 Å². The van der Waals surface area contributed by atoms with Crippen molar-refractivity contribution in [2.45, 2.75) is 26.4 Å². The molecule has 1 fully saturated rings. The monoisotopic (exact) mass is 620 g/mol. The van der Waals surface area contributed by atoms with Gasteiger partial charge in [-0.25, -0.2) is 0 Å². The molecule has 4 rings (SSSR count). The maximum Gasteiger partial charge on any atom is 0.312 e. The second-order valence-corrected chi connectivity index (χ2v) is 11.3. The van der Waals surface area contributed by atoms with Gasteiger partial charge in [0.2, 0.25) is 0 Å². The first kappa shape index (κ1) is 28.1. The molecule has 1 N–H and O–H groups in total. The first-order valence-electron chi connectivity index (χ1n) is 11.8. The Hall–Kier alpha value is -2.94. The van der Waals surface area contributed by atoms with Crippen molar-refractivity contribution in [2.75, 3.05) is 20.8 Å². The van der Waals surface area contributed by atoms with Crippen LogP contribution in [0.1, 0.15) is 31.0 Å². The molecule has 1 saturated heterocycles. The zero-order chi connectivity index (χ0) is 27.6. The van der Waals surface area contributed by atoms with E-state index in [1.165, 1.54) is 0 Å². The Labute approximate surface area is 240 Å². The predicted molar refractivity (Wildman–Crippen MR) is 150 cm³/mol. The van der Waals surface area contributed by atoms with Crippen LogP contribution in [0.2, 0.25) is 10.0 Å². The highest BCUT2D eigenvalue weighted by molar-refractivity contribution is 9.10. The standard InChI is InChI=1S/C28H27BrCl2N2O5/c1-28(2)15-33(25(28)16-6-10-22(36-3)24(11-16)37-4)27(35)26(34)32-14-17-5-7-18(29)12-23(17)38-19-8-9-20(30)21(31)13-19/h5-13,25H,14-15H2,1-4H3,(H,32,34). The molecule has 0 radical (unpaired) electrons. The van der Waals surface area contributed by atoms with E-state index in [0.29, 0.717) is 45.2 Å². The number of carbonyl (C=O) groups excluding carboxylic acids is 2. The molecule has 0 bridgehead atoms. The van der Waals surface area contributed by atoms with Crippen molar-refractivity contribution in [3.63, 3.8) is 0 Å². The topological polar surface area (TPSA) is 77.1 Å². The van der Waals surface area contributed by atoms with E-state index < -0.39 is 11.8 Å². The van der Waals surface area contributed by atoms with E-state index in [-0.39, 0.29) is 18.0 Å². The van der Waals surface area contributed by atoms with Crippen LogP contribution in [0, 0.1) is 5.41 Å². The van der Waals surface area contributed by atoms with E-state index in [2.05, 4.69) is 35.1 Å². The summed E-state index contributed by atoms with van der Waals surface area (Å²) in [6.07, 6.45) is 0. The number of amides is 2. The molecule has 200 valence electrons. The van der Waals surface area contributed by atoms with E-state index in [1.54, 1.807) is 55.5 Å². The summed E-state index contributed by atoms with van der Waals surface area (Å²) in [4.78, 5) is 27.7. The van der Waals surface area contributed by atoms with E-state index in [4.69, 9.17) is 37.4 Å². The number of nitrogens with zero attached hydrogens (tertiary/aromatic N) is 1. The zero-order valence-electron chi connectivity index (χ0n) is 21.3. The average Bonchev–Trinajstić information content (AvgIpc) is 2.88. The first-order valence-corrected chi connectivity index (χ1v) is 13.3. The van der Waals surface area contributed by atoms with Crippen LogP contribution in [0.3, 0.4) is 0 Å². The van der Waals surface area contributed by atoms with Crippen LogP contribution >= 0.6 is 39.1 Å². The molecule has 2 amide bonds. The summed E-state index contributed by atoms with van der Waals surface area (Å²) in [5, 5.41) is 3.52. The summed E-state index contributed by atoms with van der Waals surface area (Å²) in [6.45, 7) is 4.66. The van der Waals surface area contributed by atoms with Crippen molar-refractivity contribution >= 4 is 50.9 Å². The number of benzene rings is 3. The summed E-state index contributed by atoms with van der Waals surface area (Å²) in [5.41, 5.74) is 1.33. The molecule has 3 aromatic rings. The maximum atomic E-state index is 13.2. The third-order valence-electron chi connectivity index (χ3n) is 6.40. The number of carbonyl (C=O) groups is 2. The van der Waals surface area contributed by atoms with Crippen LogP contribution in [-0.2, 0) is 16.1 Å². The third kappa shape index (κ3) is 5.87. The molecule has 38 heavy (non-hydrogen) atoms. The number of halogens is 3. The third-order valence-corrected chi connectivity index (χ3v) is 7.63. The Bertz CT molecular complexity index is 1380. The lowest BCUT2D eigenvalue weighted by atomic mass is 9.71. The summed E-state index contributed by atoms with van der Waals surface area (Å²) >= 11 is 15.6. The van der Waals surface area contributed by atoms with Crippen LogP contribution in [0.15, 0.2) is 59.1 Å². The molecule has 1 heterocycles. The minimum atomic E-state index is -0.700. The van der Waals surface area contributed by atoms with Gasteiger partial charge in [-0.2, -0.15) is 0 Å². The highest BCUT2D eigenvalue weighted by Crippen LogP contribution is 2.49. The average molecular weight is 622 g/mol. The highest BCUT2D eigenvalue weighted by Gasteiger charge is 2.50. The van der Waals surface area contributed by atoms with Gasteiger partial charge in [0, 0.05) is 34.6 Å². The van der Waals surface area contributed by atoms with Gasteiger partial charge in [-0.05, 0) is 42.0 Å². The number of rotatable bonds is 7. The van der Waals surface area contributed by atoms with Gasteiger partial charge in [-0.15, -0.1) is 0 Å². The lowest BCUT2D eigenvalue weighted by Gasteiger charge is -2.54. The summed E-state index contributed by atoms with van der Waals surface area (Å²) in [5.74, 6) is 0.842. The Morgan fingerprint density at radius 1 is 0.974 bits per heavy atom. The largest absolute Gasteiger partial charge is 0.493 e. The molecule has 3 aromatic carbocycles. The Kier molecular flexibility index (Phi) is 8.45. The minimum Gasteiger partial charge on any atom is -0.493 e.